The van der Waals surface area contributed by atoms with E-state index in [1.165, 1.54) is 29.3 Å². The Bertz CT molecular complexity index is 1350. The van der Waals surface area contributed by atoms with Gasteiger partial charge >= 0.3 is 0 Å². The molecule has 0 atom stereocenters. The number of allylic oxidation sites excluding steroid dienone is 1. The van der Waals surface area contributed by atoms with Crippen LogP contribution in [-0.4, -0.2) is 25.1 Å². The summed E-state index contributed by atoms with van der Waals surface area (Å²) in [5.74, 6) is 0.407. The zero-order valence-electron chi connectivity index (χ0n) is 24.2. The van der Waals surface area contributed by atoms with Crippen molar-refractivity contribution in [3.8, 4) is 11.1 Å². The maximum absolute atomic E-state index is 5.99. The van der Waals surface area contributed by atoms with Crippen molar-refractivity contribution in [1.29, 1.82) is 0 Å². The van der Waals surface area contributed by atoms with E-state index in [1.807, 2.05) is 57.3 Å². The Balaban J connectivity index is 0.000000394. The number of amidine groups is 1. The minimum atomic E-state index is 0.407. The SMILES string of the molecule is CC.CCc1cc(C2=NC=CC2)ccc1-c1ccccc1SNC1=C(N)C(N)=NC1.CN.Cc1ccccc1N. The molecule has 0 bridgehead atoms. The van der Waals surface area contributed by atoms with Crippen LogP contribution >= 0.6 is 11.9 Å². The fourth-order valence-corrected chi connectivity index (χ4v) is 4.78. The predicted molar refractivity (Wildman–Crippen MR) is 175 cm³/mol. The van der Waals surface area contributed by atoms with Crippen molar-refractivity contribution >= 4 is 29.2 Å². The number of aliphatic imine (C=N–C) groups is 2. The van der Waals surface area contributed by atoms with E-state index < -0.39 is 0 Å². The van der Waals surface area contributed by atoms with Gasteiger partial charge in [0, 0.05) is 23.2 Å². The van der Waals surface area contributed by atoms with Crippen molar-refractivity contribution in [3.05, 3.63) is 107 Å². The first-order chi connectivity index (χ1) is 19.5. The first-order valence-electron chi connectivity index (χ1n) is 13.5. The lowest BCUT2D eigenvalue weighted by molar-refractivity contribution is 1.07. The Hall–Kier alpha value is -4.01. The van der Waals surface area contributed by atoms with Crippen molar-refractivity contribution in [3.63, 3.8) is 0 Å². The van der Waals surface area contributed by atoms with E-state index in [0.717, 1.165) is 40.4 Å². The molecule has 3 aromatic rings. The molecule has 0 saturated carbocycles. The Kier molecular flexibility index (Phi) is 13.6. The van der Waals surface area contributed by atoms with Crippen LogP contribution in [0.5, 0.6) is 0 Å². The van der Waals surface area contributed by atoms with Gasteiger partial charge in [0.15, 0.2) is 0 Å². The second-order valence-corrected chi connectivity index (χ2v) is 9.39. The summed E-state index contributed by atoms with van der Waals surface area (Å²) in [4.78, 5) is 9.78. The summed E-state index contributed by atoms with van der Waals surface area (Å²) in [6.07, 6.45) is 5.83. The molecular formula is C32H43N7S. The van der Waals surface area contributed by atoms with Crippen molar-refractivity contribution in [2.24, 2.45) is 27.2 Å². The number of para-hydroxylation sites is 1. The zero-order chi connectivity index (χ0) is 29.5. The summed E-state index contributed by atoms with van der Waals surface area (Å²) >= 11 is 1.54. The van der Waals surface area contributed by atoms with Crippen LogP contribution in [0.15, 0.2) is 105 Å². The molecule has 7 nitrogen and oxygen atoms in total. The molecule has 0 unspecified atom stereocenters. The summed E-state index contributed by atoms with van der Waals surface area (Å²) < 4.78 is 3.33. The van der Waals surface area contributed by atoms with Gasteiger partial charge in [-0.15, -0.1) is 0 Å². The van der Waals surface area contributed by atoms with Gasteiger partial charge in [-0.05, 0) is 78.4 Å². The molecule has 0 radical (unpaired) electrons. The molecule has 5 rings (SSSR count). The summed E-state index contributed by atoms with van der Waals surface area (Å²) in [7, 11) is 1.50. The van der Waals surface area contributed by atoms with Gasteiger partial charge in [0.05, 0.1) is 23.7 Å². The number of nitrogens with two attached hydrogens (primary N) is 4. The van der Waals surface area contributed by atoms with Crippen LogP contribution in [0.25, 0.3) is 11.1 Å². The second-order valence-electron chi connectivity index (χ2n) is 8.54. The first kappa shape index (κ1) is 32.2. The molecule has 0 aliphatic carbocycles. The zero-order valence-corrected chi connectivity index (χ0v) is 25.1. The molecule has 9 N–H and O–H groups in total. The highest BCUT2D eigenvalue weighted by Gasteiger charge is 2.16. The molecule has 2 heterocycles. The van der Waals surface area contributed by atoms with Crippen molar-refractivity contribution < 1.29 is 0 Å². The minimum Gasteiger partial charge on any atom is -0.399 e. The second kappa shape index (κ2) is 16.8. The van der Waals surface area contributed by atoms with E-state index in [1.54, 1.807) is 11.9 Å². The molecule has 2 aliphatic heterocycles. The molecular weight excluding hydrogens is 514 g/mol. The standard InChI is InChI=1S/C22H23N5S.C7H9N.C2H6.CH5N/c1-2-14-12-15(18-7-5-11-25-18)9-10-16(14)17-6-3-4-8-20(17)28-27-19-13-26-22(24)21(19)23;1-6-4-2-3-5-7(6)8;2*1-2/h3-6,8-12,27H,2,7,13,23H2,1H3,(H2,24,26);2-5H,8H2,1H3;1-2H3;2H2,1H3. The third kappa shape index (κ3) is 8.49. The number of anilines is 1. The van der Waals surface area contributed by atoms with Crippen LogP contribution < -0.4 is 27.7 Å². The van der Waals surface area contributed by atoms with E-state index in [-0.39, 0.29) is 0 Å². The summed E-state index contributed by atoms with van der Waals surface area (Å²) in [5, 5.41) is 0. The number of benzene rings is 3. The normalized spacial score (nSPS) is 13.2. The molecule has 0 saturated heterocycles. The Morgan fingerprint density at radius 1 is 0.900 bits per heavy atom. The molecule has 40 heavy (non-hydrogen) atoms. The van der Waals surface area contributed by atoms with Gasteiger partial charge in [-0.2, -0.15) is 0 Å². The highest BCUT2D eigenvalue weighted by molar-refractivity contribution is 7.97. The smallest absolute Gasteiger partial charge is 0.144 e. The van der Waals surface area contributed by atoms with Crippen LogP contribution in [0.3, 0.4) is 0 Å². The molecule has 0 aromatic heterocycles. The molecule has 3 aromatic carbocycles. The minimum absolute atomic E-state index is 0.407. The first-order valence-corrected chi connectivity index (χ1v) is 14.3. The van der Waals surface area contributed by atoms with Crippen LogP contribution in [0.1, 0.15) is 43.9 Å². The Morgan fingerprint density at radius 3 is 2.17 bits per heavy atom. The Morgan fingerprint density at radius 2 is 1.60 bits per heavy atom. The summed E-state index contributed by atoms with van der Waals surface area (Å²) in [5.41, 5.74) is 31.3. The number of rotatable bonds is 6. The van der Waals surface area contributed by atoms with Gasteiger partial charge in [0.25, 0.3) is 0 Å². The highest BCUT2D eigenvalue weighted by atomic mass is 32.2. The molecule has 212 valence electrons. The molecule has 2 aliphatic rings. The topological polar surface area (TPSA) is 141 Å². The van der Waals surface area contributed by atoms with Gasteiger partial charge in [-0.25, -0.2) is 0 Å². The average molecular weight is 558 g/mol. The number of nitrogens with zero attached hydrogens (tertiary/aromatic N) is 2. The number of nitrogens with one attached hydrogen (secondary N) is 1. The monoisotopic (exact) mass is 557 g/mol. The lowest BCUT2D eigenvalue weighted by Gasteiger charge is -2.15. The largest absolute Gasteiger partial charge is 0.399 e. The Labute approximate surface area is 243 Å². The molecule has 0 spiro atoms. The van der Waals surface area contributed by atoms with Crippen LogP contribution in [0.2, 0.25) is 0 Å². The third-order valence-corrected chi connectivity index (χ3v) is 7.05. The van der Waals surface area contributed by atoms with Crippen molar-refractivity contribution in [2.45, 2.75) is 45.4 Å². The fraction of sp³-hybridized carbons (Fsp3) is 0.250. The van der Waals surface area contributed by atoms with E-state index in [2.05, 4.69) is 69.8 Å². The van der Waals surface area contributed by atoms with Crippen molar-refractivity contribution in [1.82, 2.24) is 4.72 Å². The lowest BCUT2D eigenvalue weighted by Crippen LogP contribution is -2.21. The molecule has 8 heteroatoms. The summed E-state index contributed by atoms with van der Waals surface area (Å²) in [6, 6.07) is 22.8. The van der Waals surface area contributed by atoms with Gasteiger partial charge in [0.1, 0.15) is 5.84 Å². The van der Waals surface area contributed by atoms with Crippen LogP contribution in [0, 0.1) is 6.92 Å². The highest BCUT2D eigenvalue weighted by Crippen LogP contribution is 2.34. The van der Waals surface area contributed by atoms with E-state index in [4.69, 9.17) is 17.2 Å². The number of hydrogen-bond acceptors (Lipinski definition) is 8. The number of hydrogen-bond donors (Lipinski definition) is 5. The lowest BCUT2D eigenvalue weighted by atomic mass is 9.94. The molecule has 0 amide bonds. The number of aryl methyl sites for hydroxylation is 2. The van der Waals surface area contributed by atoms with Gasteiger partial charge in [-0.3, -0.25) is 9.98 Å². The van der Waals surface area contributed by atoms with Gasteiger partial charge in [-0.1, -0.05) is 75.4 Å². The van der Waals surface area contributed by atoms with E-state index in [0.29, 0.717) is 18.1 Å². The van der Waals surface area contributed by atoms with Crippen LogP contribution in [0.4, 0.5) is 5.69 Å². The average Bonchev–Trinajstić information content (AvgIpc) is 3.66. The van der Waals surface area contributed by atoms with Gasteiger partial charge in [0.2, 0.25) is 0 Å². The maximum Gasteiger partial charge on any atom is 0.144 e. The van der Waals surface area contributed by atoms with Crippen molar-refractivity contribution in [2.75, 3.05) is 19.3 Å². The van der Waals surface area contributed by atoms with E-state index >= 15 is 0 Å². The summed E-state index contributed by atoms with van der Waals surface area (Å²) in [6.45, 7) is 8.68. The number of nitrogen functional groups attached to an aromatic ring is 1. The van der Waals surface area contributed by atoms with E-state index in [9.17, 15) is 0 Å². The van der Waals surface area contributed by atoms with Crippen LogP contribution in [-0.2, 0) is 6.42 Å². The maximum atomic E-state index is 5.99. The predicted octanol–water partition coefficient (Wildman–Crippen LogP) is 5.94. The quantitative estimate of drug-likeness (QED) is 0.188. The van der Waals surface area contributed by atoms with Gasteiger partial charge < -0.3 is 27.7 Å². The molecule has 0 fully saturated rings. The third-order valence-electron chi connectivity index (χ3n) is 6.12. The fourth-order valence-electron chi connectivity index (χ4n) is 3.94.